The van der Waals surface area contributed by atoms with Crippen molar-refractivity contribution in [1.82, 2.24) is 14.1 Å². The summed E-state index contributed by atoms with van der Waals surface area (Å²) in [5.41, 5.74) is 10.1. The Labute approximate surface area is 397 Å². The Balaban J connectivity index is 0.992. The standard InChI is InChI=1S/C60H48F4N4O/c1-58(2,3)42-28-31-65-56(34-42)68-52-19-5-4-16-48(52)49-27-26-45(36-55(49)68)69-44-15-8-14-43(35-44)66-37-67(54-21-7-6-20-53(54)66)57-46(40-24-22-38-12-10-29-59(61,62)50(38)32-40)17-9-18-47(57)41-25-23-39-13-11-30-60(63,64)51(39)33-41/h4-9,14-28,31-36H,10-13,29-30H2,1-3H3. The molecule has 0 bridgehead atoms. The minimum atomic E-state index is -2.97. The molecule has 10 aromatic rings. The molecule has 7 aromatic carbocycles. The second-order valence-electron chi connectivity index (χ2n) is 19.6. The molecule has 0 aliphatic heterocycles. The Morgan fingerprint density at radius 2 is 1.22 bits per heavy atom. The molecule has 5 nitrogen and oxygen atoms in total. The van der Waals surface area contributed by atoms with E-state index in [-0.39, 0.29) is 29.4 Å². The predicted molar refractivity (Wildman–Crippen MR) is 266 cm³/mol. The lowest BCUT2D eigenvalue weighted by Crippen LogP contribution is -2.31. The van der Waals surface area contributed by atoms with Gasteiger partial charge in [0.25, 0.3) is 18.2 Å². The summed E-state index contributed by atoms with van der Waals surface area (Å²) in [6, 6.07) is 50.8. The Kier molecular flexibility index (Phi) is 9.95. The highest BCUT2D eigenvalue weighted by atomic mass is 19.3. The molecular weight excluding hydrogens is 869 g/mol. The van der Waals surface area contributed by atoms with Gasteiger partial charge in [0.05, 0.1) is 33.4 Å². The summed E-state index contributed by atoms with van der Waals surface area (Å²) in [5, 5.41) is 2.20. The molecule has 12 rings (SSSR count). The lowest BCUT2D eigenvalue weighted by Gasteiger charge is -2.27. The molecule has 2 aliphatic carbocycles. The van der Waals surface area contributed by atoms with Gasteiger partial charge in [-0.3, -0.25) is 13.7 Å². The van der Waals surface area contributed by atoms with Gasteiger partial charge in [0.1, 0.15) is 17.3 Å². The molecule has 0 amide bonds. The lowest BCUT2D eigenvalue weighted by molar-refractivity contribution is -0.571. The Hall–Kier alpha value is -7.52. The number of aryl methyl sites for hydroxylation is 2. The molecule has 0 spiro atoms. The number of nitrogens with zero attached hydrogens (tertiary/aromatic N) is 4. The molecule has 342 valence electrons. The third-order valence-electron chi connectivity index (χ3n) is 14.1. The van der Waals surface area contributed by atoms with Crippen molar-refractivity contribution in [1.29, 1.82) is 0 Å². The number of aromatic nitrogens is 4. The highest BCUT2D eigenvalue weighted by Crippen LogP contribution is 2.46. The smallest absolute Gasteiger partial charge is 0.273 e. The Bertz CT molecular complexity index is 3580. The maximum absolute atomic E-state index is 15.6. The van der Waals surface area contributed by atoms with Crippen LogP contribution in [0.25, 0.3) is 72.3 Å². The number of ether oxygens (including phenoxy) is 1. The molecule has 9 heteroatoms. The van der Waals surface area contributed by atoms with Crippen molar-refractivity contribution in [3.05, 3.63) is 198 Å². The van der Waals surface area contributed by atoms with Gasteiger partial charge in [-0.1, -0.05) is 112 Å². The van der Waals surface area contributed by atoms with Gasteiger partial charge in [0.2, 0.25) is 0 Å². The van der Waals surface area contributed by atoms with E-state index in [0.29, 0.717) is 76.3 Å². The van der Waals surface area contributed by atoms with Crippen LogP contribution in [-0.4, -0.2) is 14.1 Å². The van der Waals surface area contributed by atoms with Crippen LogP contribution in [0.5, 0.6) is 11.5 Å². The summed E-state index contributed by atoms with van der Waals surface area (Å²) >= 11 is 0. The summed E-state index contributed by atoms with van der Waals surface area (Å²) in [7, 11) is 0. The van der Waals surface area contributed by atoms with Gasteiger partial charge in [0.15, 0.2) is 0 Å². The highest BCUT2D eigenvalue weighted by molar-refractivity contribution is 6.09. The van der Waals surface area contributed by atoms with Gasteiger partial charge in [0, 0.05) is 47.0 Å². The van der Waals surface area contributed by atoms with Crippen LogP contribution in [0.4, 0.5) is 17.6 Å². The van der Waals surface area contributed by atoms with Gasteiger partial charge in [-0.05, 0) is 131 Å². The van der Waals surface area contributed by atoms with E-state index in [0.717, 1.165) is 44.3 Å². The SMILES string of the molecule is CC(C)(C)c1ccnc(-n2c3ccccc3c3ccc(Oc4cccc(-n5[c-][n+](-c6c(-c7ccc8c(c7)C(F)(F)CCC8)cccc6-c6ccc7c(c6)C(F)(F)CCC7)c6ccccc65)c4)cc32)c1. The second kappa shape index (κ2) is 16.0. The molecule has 0 unspecified atom stereocenters. The molecule has 3 heterocycles. The van der Waals surface area contributed by atoms with E-state index in [9.17, 15) is 0 Å². The van der Waals surface area contributed by atoms with Crippen molar-refractivity contribution in [2.24, 2.45) is 0 Å². The summed E-state index contributed by atoms with van der Waals surface area (Å²) < 4.78 is 75.3. The van der Waals surface area contributed by atoms with Crippen LogP contribution >= 0.6 is 0 Å². The highest BCUT2D eigenvalue weighted by Gasteiger charge is 2.38. The summed E-state index contributed by atoms with van der Waals surface area (Å²) in [6.07, 6.45) is 7.12. The van der Waals surface area contributed by atoms with Crippen molar-refractivity contribution in [2.45, 2.75) is 76.6 Å². The third-order valence-corrected chi connectivity index (χ3v) is 14.1. The first-order chi connectivity index (χ1) is 33.3. The second-order valence-corrected chi connectivity index (χ2v) is 19.6. The predicted octanol–water partition coefficient (Wildman–Crippen LogP) is 15.5. The molecule has 3 aromatic heterocycles. The van der Waals surface area contributed by atoms with Gasteiger partial charge >= 0.3 is 0 Å². The first-order valence-corrected chi connectivity index (χ1v) is 23.7. The largest absolute Gasteiger partial charge is 0.458 e. The first-order valence-electron chi connectivity index (χ1n) is 23.7. The first kappa shape index (κ1) is 42.8. The van der Waals surface area contributed by atoms with Crippen molar-refractivity contribution < 1.29 is 26.9 Å². The average Bonchev–Trinajstić information content (AvgIpc) is 3.89. The lowest BCUT2D eigenvalue weighted by atomic mass is 9.84. The number of hydrogen-bond acceptors (Lipinski definition) is 2. The normalized spacial score (nSPS) is 15.3. The van der Waals surface area contributed by atoms with Crippen LogP contribution in [0, 0.1) is 6.33 Å². The molecule has 0 radical (unpaired) electrons. The summed E-state index contributed by atoms with van der Waals surface area (Å²) in [6.45, 7) is 6.60. The fourth-order valence-electron chi connectivity index (χ4n) is 10.6. The van der Waals surface area contributed by atoms with Crippen LogP contribution in [0.3, 0.4) is 0 Å². The number of hydrogen-bond donors (Lipinski definition) is 0. The molecule has 0 fully saturated rings. The Morgan fingerprint density at radius 3 is 1.91 bits per heavy atom. The molecule has 0 N–H and O–H groups in total. The monoisotopic (exact) mass is 916 g/mol. The number of imidazole rings is 1. The quantitative estimate of drug-likeness (QED) is 0.0907. The fraction of sp³-hybridized carbons (Fsp3) is 0.200. The molecule has 69 heavy (non-hydrogen) atoms. The van der Waals surface area contributed by atoms with Crippen LogP contribution in [0.2, 0.25) is 0 Å². The summed E-state index contributed by atoms with van der Waals surface area (Å²) in [4.78, 5) is 4.85. The third kappa shape index (κ3) is 7.37. The zero-order valence-electron chi connectivity index (χ0n) is 38.5. The number of rotatable bonds is 7. The van der Waals surface area contributed by atoms with E-state index in [4.69, 9.17) is 9.72 Å². The molecular formula is C60H48F4N4O. The van der Waals surface area contributed by atoms with Crippen LogP contribution in [0.1, 0.15) is 74.3 Å². The van der Waals surface area contributed by atoms with Crippen molar-refractivity contribution >= 4 is 32.8 Å². The maximum Gasteiger partial charge on any atom is 0.273 e. The number of alkyl halides is 4. The van der Waals surface area contributed by atoms with Crippen molar-refractivity contribution in [3.63, 3.8) is 0 Å². The fourth-order valence-corrected chi connectivity index (χ4v) is 10.6. The van der Waals surface area contributed by atoms with E-state index >= 15 is 17.6 Å². The summed E-state index contributed by atoms with van der Waals surface area (Å²) in [5.74, 6) is -3.85. The minimum absolute atomic E-state index is 0.0382. The topological polar surface area (TPSA) is 35.9 Å². The van der Waals surface area contributed by atoms with Crippen LogP contribution in [0.15, 0.2) is 164 Å². The number of benzene rings is 7. The van der Waals surface area contributed by atoms with Crippen LogP contribution < -0.4 is 9.30 Å². The number of pyridine rings is 1. The van der Waals surface area contributed by atoms with Crippen molar-refractivity contribution in [2.75, 3.05) is 0 Å². The zero-order valence-corrected chi connectivity index (χ0v) is 38.5. The Morgan fingerprint density at radius 1 is 0.594 bits per heavy atom. The maximum atomic E-state index is 15.6. The minimum Gasteiger partial charge on any atom is -0.458 e. The number of fused-ring (bicyclic) bond motifs is 6. The molecule has 0 atom stereocenters. The zero-order chi connectivity index (χ0) is 47.2. The average molecular weight is 917 g/mol. The van der Waals surface area contributed by atoms with Gasteiger partial charge in [-0.15, -0.1) is 0 Å². The molecule has 0 saturated heterocycles. The van der Waals surface area contributed by atoms with E-state index < -0.39 is 11.8 Å². The molecule has 0 saturated carbocycles. The van der Waals surface area contributed by atoms with Gasteiger partial charge < -0.3 is 4.74 Å². The van der Waals surface area contributed by atoms with E-state index in [1.165, 1.54) is 5.56 Å². The van der Waals surface area contributed by atoms with Crippen molar-refractivity contribution in [3.8, 4) is 50.9 Å². The van der Waals surface area contributed by atoms with Gasteiger partial charge in [-0.25, -0.2) is 22.5 Å². The number of para-hydroxylation sites is 4. The number of halogens is 4. The molecule has 2 aliphatic rings. The van der Waals surface area contributed by atoms with Crippen LogP contribution in [-0.2, 0) is 30.1 Å². The van der Waals surface area contributed by atoms with E-state index in [2.05, 4.69) is 74.1 Å². The van der Waals surface area contributed by atoms with Gasteiger partial charge in [-0.2, -0.15) is 0 Å². The van der Waals surface area contributed by atoms with E-state index in [1.54, 1.807) is 12.1 Å². The van der Waals surface area contributed by atoms with E-state index in [1.807, 2.05) is 118 Å².